The van der Waals surface area contributed by atoms with Crippen LogP contribution in [0.5, 0.6) is 0 Å². The first-order valence-corrected chi connectivity index (χ1v) is 9.51. The standard InChI is InChI=1S/C23H30O2/c1-4-5-6-7-11-14-20(22-15-16-23(24)25-22)21(17-18(2)3)19-12-9-8-10-13-19/h8-10,12-14,22H,4-7,11,15-16H2,1-3H3/b20-14-. The van der Waals surface area contributed by atoms with Crippen LogP contribution in [-0.4, -0.2) is 12.1 Å². The Hall–Kier alpha value is -2.05. The van der Waals surface area contributed by atoms with Gasteiger partial charge >= 0.3 is 5.97 Å². The van der Waals surface area contributed by atoms with Crippen LogP contribution in [0.15, 0.2) is 53.3 Å². The Morgan fingerprint density at radius 2 is 1.96 bits per heavy atom. The van der Waals surface area contributed by atoms with E-state index in [-0.39, 0.29) is 12.1 Å². The van der Waals surface area contributed by atoms with E-state index >= 15 is 0 Å². The molecule has 1 unspecified atom stereocenters. The summed E-state index contributed by atoms with van der Waals surface area (Å²) in [4.78, 5) is 11.7. The summed E-state index contributed by atoms with van der Waals surface area (Å²) in [6.45, 7) is 6.34. The van der Waals surface area contributed by atoms with Gasteiger partial charge in [-0.05, 0) is 44.2 Å². The van der Waals surface area contributed by atoms with Crippen molar-refractivity contribution in [1.29, 1.82) is 0 Å². The van der Waals surface area contributed by atoms with Crippen molar-refractivity contribution in [3.63, 3.8) is 0 Å². The number of carbonyl (C=O) groups is 1. The van der Waals surface area contributed by atoms with Gasteiger partial charge in [-0.25, -0.2) is 0 Å². The summed E-state index contributed by atoms with van der Waals surface area (Å²) in [5.74, 6) is -0.0912. The summed E-state index contributed by atoms with van der Waals surface area (Å²) in [5.41, 5.74) is 7.96. The Morgan fingerprint density at radius 1 is 1.20 bits per heavy atom. The molecule has 1 aliphatic heterocycles. The molecule has 1 aliphatic rings. The van der Waals surface area contributed by atoms with E-state index in [0.717, 1.165) is 35.1 Å². The van der Waals surface area contributed by atoms with E-state index in [1.54, 1.807) is 0 Å². The predicted molar refractivity (Wildman–Crippen MR) is 104 cm³/mol. The van der Waals surface area contributed by atoms with Crippen molar-refractivity contribution >= 4 is 11.5 Å². The fraction of sp³-hybridized carbons (Fsp3) is 0.478. The summed E-state index contributed by atoms with van der Waals surface area (Å²) in [6, 6.07) is 10.3. The number of hydrogen-bond acceptors (Lipinski definition) is 2. The van der Waals surface area contributed by atoms with Crippen LogP contribution in [0.3, 0.4) is 0 Å². The van der Waals surface area contributed by atoms with Gasteiger partial charge in [0.05, 0.1) is 0 Å². The number of rotatable bonds is 8. The van der Waals surface area contributed by atoms with Gasteiger partial charge in [0.2, 0.25) is 0 Å². The first-order valence-electron chi connectivity index (χ1n) is 9.51. The van der Waals surface area contributed by atoms with Gasteiger partial charge in [-0.15, -0.1) is 5.73 Å². The molecule has 0 amide bonds. The van der Waals surface area contributed by atoms with Gasteiger partial charge in [-0.2, -0.15) is 0 Å². The van der Waals surface area contributed by atoms with Crippen LogP contribution >= 0.6 is 0 Å². The van der Waals surface area contributed by atoms with Crippen molar-refractivity contribution in [2.45, 2.75) is 71.8 Å². The summed E-state index contributed by atoms with van der Waals surface area (Å²) in [5, 5.41) is 0. The molecular formula is C23H30O2. The summed E-state index contributed by atoms with van der Waals surface area (Å²) in [7, 11) is 0. The zero-order chi connectivity index (χ0) is 18.1. The minimum Gasteiger partial charge on any atom is -0.457 e. The van der Waals surface area contributed by atoms with Crippen LogP contribution in [0.2, 0.25) is 0 Å². The average molecular weight is 338 g/mol. The van der Waals surface area contributed by atoms with Crippen molar-refractivity contribution in [2.75, 3.05) is 0 Å². The van der Waals surface area contributed by atoms with Gasteiger partial charge in [0.1, 0.15) is 6.10 Å². The van der Waals surface area contributed by atoms with E-state index in [1.165, 1.54) is 25.7 Å². The fourth-order valence-corrected chi connectivity index (χ4v) is 3.13. The van der Waals surface area contributed by atoms with Crippen LogP contribution in [0.1, 0.15) is 71.3 Å². The molecule has 0 saturated carbocycles. The van der Waals surface area contributed by atoms with Gasteiger partial charge in [0.15, 0.2) is 0 Å². The van der Waals surface area contributed by atoms with E-state index in [0.29, 0.717) is 6.42 Å². The quantitative estimate of drug-likeness (QED) is 0.243. The molecule has 0 aliphatic carbocycles. The zero-order valence-corrected chi connectivity index (χ0v) is 15.8. The lowest BCUT2D eigenvalue weighted by Gasteiger charge is -2.17. The highest BCUT2D eigenvalue weighted by atomic mass is 16.5. The normalized spacial score (nSPS) is 17.2. The molecule has 0 bridgehead atoms. The lowest BCUT2D eigenvalue weighted by atomic mass is 9.91. The molecule has 2 nitrogen and oxygen atoms in total. The van der Waals surface area contributed by atoms with Crippen LogP contribution in [0.25, 0.3) is 5.57 Å². The number of benzene rings is 1. The van der Waals surface area contributed by atoms with E-state index in [4.69, 9.17) is 4.74 Å². The van der Waals surface area contributed by atoms with Crippen LogP contribution in [0, 0.1) is 0 Å². The van der Waals surface area contributed by atoms with Crippen molar-refractivity contribution < 1.29 is 9.53 Å². The monoisotopic (exact) mass is 338 g/mol. The molecule has 2 rings (SSSR count). The lowest BCUT2D eigenvalue weighted by Crippen LogP contribution is -2.12. The first kappa shape index (κ1) is 19.3. The molecule has 1 saturated heterocycles. The Labute approximate surface area is 152 Å². The van der Waals surface area contributed by atoms with E-state index in [2.05, 4.69) is 44.7 Å². The zero-order valence-electron chi connectivity index (χ0n) is 15.8. The second-order valence-corrected chi connectivity index (χ2v) is 6.89. The van der Waals surface area contributed by atoms with Crippen LogP contribution < -0.4 is 0 Å². The molecule has 134 valence electrons. The molecule has 0 aromatic heterocycles. The van der Waals surface area contributed by atoms with Gasteiger partial charge in [-0.3, -0.25) is 4.79 Å². The van der Waals surface area contributed by atoms with Crippen molar-refractivity contribution in [2.24, 2.45) is 0 Å². The Kier molecular flexibility index (Phi) is 7.76. The smallest absolute Gasteiger partial charge is 0.306 e. The van der Waals surface area contributed by atoms with Gasteiger partial charge in [-0.1, -0.05) is 62.6 Å². The largest absolute Gasteiger partial charge is 0.457 e. The Bertz CT molecular complexity index is 657. The predicted octanol–water partition coefficient (Wildman–Crippen LogP) is 6.24. The molecule has 1 atom stereocenters. The number of allylic oxidation sites excluding steroid dienone is 1. The lowest BCUT2D eigenvalue weighted by molar-refractivity contribution is -0.140. The highest BCUT2D eigenvalue weighted by Gasteiger charge is 2.28. The summed E-state index contributed by atoms with van der Waals surface area (Å²) < 4.78 is 5.61. The van der Waals surface area contributed by atoms with Gasteiger partial charge < -0.3 is 4.74 Å². The van der Waals surface area contributed by atoms with Gasteiger partial charge in [0.25, 0.3) is 0 Å². The molecule has 1 aromatic carbocycles. The second kappa shape index (κ2) is 10.1. The van der Waals surface area contributed by atoms with Crippen molar-refractivity contribution in [1.82, 2.24) is 0 Å². The maximum atomic E-state index is 11.7. The number of carbonyl (C=O) groups excluding carboxylic acids is 1. The minimum absolute atomic E-state index is 0.0912. The molecule has 0 N–H and O–H groups in total. The first-order chi connectivity index (χ1) is 12.1. The summed E-state index contributed by atoms with van der Waals surface area (Å²) in [6.07, 6.45) is 9.37. The highest BCUT2D eigenvalue weighted by Crippen LogP contribution is 2.32. The fourth-order valence-electron chi connectivity index (χ4n) is 3.13. The third-order valence-corrected chi connectivity index (χ3v) is 4.38. The molecule has 0 radical (unpaired) electrons. The Morgan fingerprint density at radius 3 is 2.56 bits per heavy atom. The summed E-state index contributed by atoms with van der Waals surface area (Å²) >= 11 is 0. The van der Waals surface area contributed by atoms with Crippen molar-refractivity contribution in [3.8, 4) is 0 Å². The van der Waals surface area contributed by atoms with Crippen LogP contribution in [0.4, 0.5) is 0 Å². The van der Waals surface area contributed by atoms with Crippen LogP contribution in [-0.2, 0) is 9.53 Å². The number of esters is 1. The second-order valence-electron chi connectivity index (χ2n) is 6.89. The topological polar surface area (TPSA) is 26.3 Å². The maximum Gasteiger partial charge on any atom is 0.306 e. The van der Waals surface area contributed by atoms with Crippen molar-refractivity contribution in [3.05, 3.63) is 58.8 Å². The molecule has 0 spiro atoms. The molecule has 1 aromatic rings. The average Bonchev–Trinajstić information content (AvgIpc) is 3.03. The number of hydrogen-bond donors (Lipinski definition) is 0. The molecule has 1 fully saturated rings. The third kappa shape index (κ3) is 6.07. The SMILES string of the molecule is CCCCCC/C=C(/C(=C=C(C)C)c1ccccc1)C1CCC(=O)O1. The number of unbranched alkanes of at least 4 members (excludes halogenated alkanes) is 4. The third-order valence-electron chi connectivity index (χ3n) is 4.38. The molecule has 1 heterocycles. The van der Waals surface area contributed by atoms with E-state index in [9.17, 15) is 4.79 Å². The molecule has 2 heteroatoms. The van der Waals surface area contributed by atoms with Gasteiger partial charge in [0, 0.05) is 17.6 Å². The Balaban J connectivity index is 2.35. The molecule has 25 heavy (non-hydrogen) atoms. The highest BCUT2D eigenvalue weighted by molar-refractivity contribution is 5.82. The van der Waals surface area contributed by atoms with E-state index < -0.39 is 0 Å². The number of ether oxygens (including phenoxy) is 1. The maximum absolute atomic E-state index is 11.7. The number of cyclic esters (lactones) is 1. The molecular weight excluding hydrogens is 308 g/mol. The van der Waals surface area contributed by atoms with E-state index in [1.807, 2.05) is 18.2 Å². The minimum atomic E-state index is -0.138.